The topological polar surface area (TPSA) is 41.1 Å². The van der Waals surface area contributed by atoms with Crippen LogP contribution in [0.5, 0.6) is 0 Å². The first-order valence-electron chi connectivity index (χ1n) is 6.05. The van der Waals surface area contributed by atoms with Crippen molar-refractivity contribution >= 4 is 29.9 Å². The van der Waals surface area contributed by atoms with E-state index in [-0.39, 0.29) is 24.4 Å². The van der Waals surface area contributed by atoms with Crippen LogP contribution in [-0.2, 0) is 6.42 Å². The SMILES string of the molecule is CCc1ccc(Cl)c2c1[C@H]1CNC[C@@H]1NC2=O.Cl. The normalized spacial score (nSPS) is 24.9. The Kier molecular flexibility index (Phi) is 3.85. The van der Waals surface area contributed by atoms with E-state index in [1.165, 1.54) is 11.1 Å². The predicted molar refractivity (Wildman–Crippen MR) is 74.9 cm³/mol. The average Bonchev–Trinajstić information content (AvgIpc) is 2.77. The van der Waals surface area contributed by atoms with Crippen LogP contribution in [0.25, 0.3) is 0 Å². The minimum Gasteiger partial charge on any atom is -0.347 e. The lowest BCUT2D eigenvalue weighted by Gasteiger charge is -2.30. The van der Waals surface area contributed by atoms with E-state index in [0.29, 0.717) is 16.5 Å². The largest absolute Gasteiger partial charge is 0.347 e. The third kappa shape index (κ3) is 1.91. The Bertz CT molecular complexity index is 490. The average molecular weight is 287 g/mol. The molecule has 3 rings (SSSR count). The molecule has 0 unspecified atom stereocenters. The monoisotopic (exact) mass is 286 g/mol. The smallest absolute Gasteiger partial charge is 0.253 e. The number of amides is 1. The Morgan fingerprint density at radius 3 is 2.89 bits per heavy atom. The molecule has 0 saturated carbocycles. The van der Waals surface area contributed by atoms with E-state index in [4.69, 9.17) is 11.6 Å². The van der Waals surface area contributed by atoms with Crippen molar-refractivity contribution in [2.24, 2.45) is 0 Å². The second-order valence-corrected chi connectivity index (χ2v) is 5.10. The Morgan fingerprint density at radius 2 is 2.17 bits per heavy atom. The Balaban J connectivity index is 0.00000120. The zero-order valence-electron chi connectivity index (χ0n) is 10.1. The van der Waals surface area contributed by atoms with Gasteiger partial charge in [-0.05, 0) is 23.6 Å². The van der Waals surface area contributed by atoms with E-state index in [1.54, 1.807) is 0 Å². The molecule has 0 bridgehead atoms. The lowest BCUT2D eigenvalue weighted by Crippen LogP contribution is -2.44. The van der Waals surface area contributed by atoms with Gasteiger partial charge in [0, 0.05) is 25.0 Å². The maximum atomic E-state index is 12.1. The van der Waals surface area contributed by atoms with Crippen molar-refractivity contribution in [3.05, 3.63) is 33.8 Å². The number of halogens is 2. The molecule has 0 aliphatic carbocycles. The molecule has 5 heteroatoms. The zero-order chi connectivity index (χ0) is 12.0. The molecule has 2 aliphatic heterocycles. The fourth-order valence-corrected chi connectivity index (χ4v) is 3.22. The lowest BCUT2D eigenvalue weighted by molar-refractivity contribution is 0.0924. The van der Waals surface area contributed by atoms with E-state index in [9.17, 15) is 4.79 Å². The van der Waals surface area contributed by atoms with Crippen molar-refractivity contribution < 1.29 is 4.79 Å². The molecule has 2 aliphatic rings. The third-order valence-electron chi connectivity index (χ3n) is 3.79. The summed E-state index contributed by atoms with van der Waals surface area (Å²) in [5.41, 5.74) is 3.10. The van der Waals surface area contributed by atoms with Crippen molar-refractivity contribution in [3.8, 4) is 0 Å². The molecule has 0 spiro atoms. The molecule has 18 heavy (non-hydrogen) atoms. The van der Waals surface area contributed by atoms with E-state index in [2.05, 4.69) is 23.6 Å². The molecule has 1 amide bonds. The van der Waals surface area contributed by atoms with Gasteiger partial charge in [-0.1, -0.05) is 24.6 Å². The van der Waals surface area contributed by atoms with Gasteiger partial charge in [-0.2, -0.15) is 0 Å². The molecule has 0 radical (unpaired) electrons. The number of rotatable bonds is 1. The highest BCUT2D eigenvalue weighted by Gasteiger charge is 2.38. The number of hydrogen-bond donors (Lipinski definition) is 2. The van der Waals surface area contributed by atoms with Gasteiger partial charge >= 0.3 is 0 Å². The van der Waals surface area contributed by atoms with Crippen molar-refractivity contribution in [2.75, 3.05) is 13.1 Å². The fraction of sp³-hybridized carbons (Fsp3) is 0.462. The molecular weight excluding hydrogens is 271 g/mol. The summed E-state index contributed by atoms with van der Waals surface area (Å²) in [7, 11) is 0. The molecule has 2 heterocycles. The quantitative estimate of drug-likeness (QED) is 0.830. The molecule has 1 fully saturated rings. The summed E-state index contributed by atoms with van der Waals surface area (Å²) in [6.45, 7) is 3.89. The molecule has 1 aromatic carbocycles. The number of fused-ring (bicyclic) bond motifs is 3. The van der Waals surface area contributed by atoms with E-state index in [1.807, 2.05) is 6.07 Å². The van der Waals surface area contributed by atoms with Crippen LogP contribution in [0, 0.1) is 0 Å². The second-order valence-electron chi connectivity index (χ2n) is 4.69. The van der Waals surface area contributed by atoms with Crippen molar-refractivity contribution in [1.82, 2.24) is 10.6 Å². The third-order valence-corrected chi connectivity index (χ3v) is 4.11. The van der Waals surface area contributed by atoms with Crippen molar-refractivity contribution in [2.45, 2.75) is 25.3 Å². The van der Waals surface area contributed by atoms with Gasteiger partial charge in [0.1, 0.15) is 0 Å². The summed E-state index contributed by atoms with van der Waals surface area (Å²) in [6.07, 6.45) is 0.940. The van der Waals surface area contributed by atoms with Crippen LogP contribution in [0.4, 0.5) is 0 Å². The standard InChI is InChI=1S/C13H15ClN2O.ClH/c1-2-7-3-4-9(14)12-11(7)8-5-15-6-10(8)16-13(12)17;/h3-4,8,10,15H,2,5-6H2,1H3,(H,16,17);1H/t8-,10-;/m0./s1. The molecule has 1 aromatic rings. The molecular formula is C13H16Cl2N2O. The Hall–Kier alpha value is -0.770. The zero-order valence-corrected chi connectivity index (χ0v) is 11.7. The van der Waals surface area contributed by atoms with Gasteiger partial charge in [0.2, 0.25) is 0 Å². The van der Waals surface area contributed by atoms with Gasteiger partial charge in [0.25, 0.3) is 5.91 Å². The number of nitrogens with one attached hydrogen (secondary N) is 2. The van der Waals surface area contributed by atoms with Crippen LogP contribution in [0.3, 0.4) is 0 Å². The number of carbonyl (C=O) groups is 1. The maximum absolute atomic E-state index is 12.1. The minimum absolute atomic E-state index is 0. The summed E-state index contributed by atoms with van der Waals surface area (Å²) in [5.74, 6) is 0.349. The molecule has 0 aromatic heterocycles. The molecule has 2 atom stereocenters. The Labute approximate surface area is 118 Å². The first kappa shape index (κ1) is 13.7. The maximum Gasteiger partial charge on any atom is 0.253 e. The van der Waals surface area contributed by atoms with Crippen LogP contribution in [-0.4, -0.2) is 25.0 Å². The molecule has 1 saturated heterocycles. The van der Waals surface area contributed by atoms with Gasteiger partial charge in [-0.25, -0.2) is 0 Å². The van der Waals surface area contributed by atoms with E-state index < -0.39 is 0 Å². The summed E-state index contributed by atoms with van der Waals surface area (Å²) in [6, 6.07) is 4.11. The van der Waals surface area contributed by atoms with Gasteiger partial charge in [-0.3, -0.25) is 4.79 Å². The van der Waals surface area contributed by atoms with Crippen LogP contribution < -0.4 is 10.6 Å². The lowest BCUT2D eigenvalue weighted by atomic mass is 9.82. The van der Waals surface area contributed by atoms with Gasteiger partial charge in [0.05, 0.1) is 10.6 Å². The minimum atomic E-state index is -0.0229. The van der Waals surface area contributed by atoms with Crippen LogP contribution in [0.1, 0.15) is 34.3 Å². The Morgan fingerprint density at radius 1 is 1.39 bits per heavy atom. The predicted octanol–water partition coefficient (Wildman–Crippen LogP) is 2.12. The van der Waals surface area contributed by atoms with Crippen molar-refractivity contribution in [1.29, 1.82) is 0 Å². The van der Waals surface area contributed by atoms with Gasteiger partial charge < -0.3 is 10.6 Å². The highest BCUT2D eigenvalue weighted by Crippen LogP contribution is 2.36. The summed E-state index contributed by atoms with van der Waals surface area (Å²) in [5, 5.41) is 6.95. The summed E-state index contributed by atoms with van der Waals surface area (Å²) < 4.78 is 0. The first-order valence-corrected chi connectivity index (χ1v) is 6.43. The molecule has 2 N–H and O–H groups in total. The van der Waals surface area contributed by atoms with Gasteiger partial charge in [-0.15, -0.1) is 12.4 Å². The molecule has 98 valence electrons. The number of hydrogen-bond acceptors (Lipinski definition) is 2. The van der Waals surface area contributed by atoms with Crippen LogP contribution >= 0.6 is 24.0 Å². The number of benzene rings is 1. The highest BCUT2D eigenvalue weighted by atomic mass is 35.5. The van der Waals surface area contributed by atoms with Crippen molar-refractivity contribution in [3.63, 3.8) is 0 Å². The first-order chi connectivity index (χ1) is 8.22. The number of aryl methyl sites for hydroxylation is 1. The second kappa shape index (κ2) is 5.08. The van der Waals surface area contributed by atoms with Crippen LogP contribution in [0.15, 0.2) is 12.1 Å². The van der Waals surface area contributed by atoms with E-state index >= 15 is 0 Å². The molecule has 3 nitrogen and oxygen atoms in total. The van der Waals surface area contributed by atoms with E-state index in [0.717, 1.165) is 19.5 Å². The highest BCUT2D eigenvalue weighted by molar-refractivity contribution is 6.34. The fourth-order valence-electron chi connectivity index (χ4n) is 2.97. The summed E-state index contributed by atoms with van der Waals surface area (Å²) in [4.78, 5) is 12.1. The summed E-state index contributed by atoms with van der Waals surface area (Å²) >= 11 is 6.18. The van der Waals surface area contributed by atoms with Crippen LogP contribution in [0.2, 0.25) is 5.02 Å². The van der Waals surface area contributed by atoms with Gasteiger partial charge in [0.15, 0.2) is 0 Å². The number of carbonyl (C=O) groups excluding carboxylic acids is 1.